The van der Waals surface area contributed by atoms with Crippen molar-refractivity contribution in [3.63, 3.8) is 0 Å². The molecule has 6 atom stereocenters. The Labute approximate surface area is 238 Å². The van der Waals surface area contributed by atoms with Crippen molar-refractivity contribution in [1.29, 1.82) is 0 Å². The van der Waals surface area contributed by atoms with E-state index in [1.54, 1.807) is 24.1 Å². The highest BCUT2D eigenvalue weighted by molar-refractivity contribution is 5.70. The van der Waals surface area contributed by atoms with Gasteiger partial charge in [0.25, 0.3) is 0 Å². The molecular weight excluding hydrogens is 510 g/mol. The summed E-state index contributed by atoms with van der Waals surface area (Å²) < 4.78 is 11.7. The van der Waals surface area contributed by atoms with Crippen molar-refractivity contribution in [3.05, 3.63) is 66.0 Å². The van der Waals surface area contributed by atoms with E-state index in [9.17, 15) is 19.8 Å². The molecule has 0 aliphatic carbocycles. The number of allylic oxidation sites excluding steroid dienone is 3. The van der Waals surface area contributed by atoms with Crippen molar-refractivity contribution >= 4 is 12.1 Å². The Hall–Kier alpha value is -3.01. The predicted octanol–water partition coefficient (Wildman–Crippen LogP) is 3.84. The van der Waals surface area contributed by atoms with Crippen LogP contribution in [0.2, 0.25) is 0 Å². The number of hydrogen-bond acceptors (Lipinski definition) is 8. The molecule has 3 heterocycles. The number of carbonyl (C=O) groups excluding carboxylic acids is 2. The Morgan fingerprint density at radius 2 is 1.98 bits per heavy atom. The van der Waals surface area contributed by atoms with Crippen molar-refractivity contribution in [3.8, 4) is 0 Å². The summed E-state index contributed by atoms with van der Waals surface area (Å²) >= 11 is 0. The molecule has 0 spiro atoms. The number of aromatic nitrogens is 1. The molecule has 2 N–H and O–H groups in total. The molecule has 220 valence electrons. The molecule has 1 saturated heterocycles. The van der Waals surface area contributed by atoms with Gasteiger partial charge in [-0.3, -0.25) is 9.78 Å². The molecule has 0 aromatic carbocycles. The van der Waals surface area contributed by atoms with E-state index < -0.39 is 36.0 Å². The second kappa shape index (κ2) is 14.6. The summed E-state index contributed by atoms with van der Waals surface area (Å²) in [5.41, 5.74) is 0.337. The van der Waals surface area contributed by atoms with Crippen molar-refractivity contribution < 1.29 is 29.3 Å². The number of amides is 1. The molecule has 9 nitrogen and oxygen atoms in total. The van der Waals surface area contributed by atoms with Gasteiger partial charge in [0.1, 0.15) is 11.7 Å². The molecule has 1 unspecified atom stereocenters. The number of likely N-dealkylation sites (N-methyl/N-ethyl adjacent to an activating group) is 1. The number of rotatable bonds is 5. The van der Waals surface area contributed by atoms with Gasteiger partial charge in [0.2, 0.25) is 0 Å². The van der Waals surface area contributed by atoms with Crippen LogP contribution < -0.4 is 0 Å². The molecule has 0 radical (unpaired) electrons. The Bertz CT molecular complexity index is 1060. The Morgan fingerprint density at radius 1 is 1.25 bits per heavy atom. The number of hydrogen-bond donors (Lipinski definition) is 2. The SMILES string of the molecule is C/C(=C\C=C\C(C)c1ccccn1)[C@H]1OC(=O)C[C@@H](O)CC[C@](C)(O)[C@@H](OC(=O)N2CCN(C)CC2)/C=C/[C@@H]1C. The van der Waals surface area contributed by atoms with E-state index in [-0.39, 0.29) is 31.1 Å². The number of carbonyl (C=O) groups is 2. The van der Waals surface area contributed by atoms with Crippen LogP contribution in [-0.2, 0) is 14.3 Å². The largest absolute Gasteiger partial charge is 0.457 e. The molecule has 1 fully saturated rings. The van der Waals surface area contributed by atoms with Gasteiger partial charge in [0, 0.05) is 49.9 Å². The van der Waals surface area contributed by atoms with Crippen LogP contribution in [0.3, 0.4) is 0 Å². The third-order valence-corrected chi connectivity index (χ3v) is 7.68. The molecule has 40 heavy (non-hydrogen) atoms. The average molecular weight is 556 g/mol. The molecule has 2 aliphatic rings. The van der Waals surface area contributed by atoms with Gasteiger partial charge in [-0.15, -0.1) is 0 Å². The van der Waals surface area contributed by atoms with Gasteiger partial charge in [0.15, 0.2) is 6.10 Å². The van der Waals surface area contributed by atoms with Gasteiger partial charge < -0.3 is 29.5 Å². The number of aliphatic hydroxyl groups excluding tert-OH is 1. The Morgan fingerprint density at radius 3 is 2.65 bits per heavy atom. The van der Waals surface area contributed by atoms with Crippen molar-refractivity contribution in [2.45, 2.75) is 76.8 Å². The number of aliphatic hydroxyl groups is 2. The van der Waals surface area contributed by atoms with E-state index in [0.717, 1.165) is 24.4 Å². The van der Waals surface area contributed by atoms with Gasteiger partial charge in [-0.05, 0) is 57.5 Å². The van der Waals surface area contributed by atoms with Crippen LogP contribution in [0.25, 0.3) is 0 Å². The van der Waals surface area contributed by atoms with Crippen molar-refractivity contribution in [2.24, 2.45) is 5.92 Å². The van der Waals surface area contributed by atoms with Crippen LogP contribution >= 0.6 is 0 Å². The highest BCUT2D eigenvalue weighted by Gasteiger charge is 2.36. The normalized spacial score (nSPS) is 31.1. The van der Waals surface area contributed by atoms with Crippen LogP contribution in [0.5, 0.6) is 0 Å². The monoisotopic (exact) mass is 555 g/mol. The van der Waals surface area contributed by atoms with Gasteiger partial charge in [-0.1, -0.05) is 44.2 Å². The molecule has 1 aromatic heterocycles. The van der Waals surface area contributed by atoms with E-state index in [2.05, 4.69) is 16.8 Å². The maximum Gasteiger partial charge on any atom is 0.410 e. The number of pyridine rings is 1. The zero-order chi connectivity index (χ0) is 29.3. The second-order valence-corrected chi connectivity index (χ2v) is 11.3. The van der Waals surface area contributed by atoms with Crippen LogP contribution in [0, 0.1) is 5.92 Å². The molecule has 0 bridgehead atoms. The van der Waals surface area contributed by atoms with Crippen LogP contribution in [0.1, 0.15) is 58.6 Å². The van der Waals surface area contributed by atoms with Crippen molar-refractivity contribution in [1.82, 2.24) is 14.8 Å². The second-order valence-electron chi connectivity index (χ2n) is 11.3. The minimum absolute atomic E-state index is 0.106. The highest BCUT2D eigenvalue weighted by atomic mass is 16.6. The number of ether oxygens (including phenoxy) is 2. The number of esters is 1. The quantitative estimate of drug-likeness (QED) is 0.320. The van der Waals surface area contributed by atoms with E-state index in [0.29, 0.717) is 13.1 Å². The lowest BCUT2D eigenvalue weighted by atomic mass is 9.88. The summed E-state index contributed by atoms with van der Waals surface area (Å²) in [5.74, 6) is -0.692. The predicted molar refractivity (Wildman–Crippen MR) is 154 cm³/mol. The highest BCUT2D eigenvalue weighted by Crippen LogP contribution is 2.27. The van der Waals surface area contributed by atoms with Gasteiger partial charge in [-0.25, -0.2) is 4.79 Å². The summed E-state index contributed by atoms with van der Waals surface area (Å²) in [7, 11) is 2.01. The number of nitrogens with zero attached hydrogens (tertiary/aromatic N) is 3. The summed E-state index contributed by atoms with van der Waals surface area (Å²) in [5, 5.41) is 21.8. The average Bonchev–Trinajstić information content (AvgIpc) is 2.92. The smallest absolute Gasteiger partial charge is 0.410 e. The van der Waals surface area contributed by atoms with Gasteiger partial charge in [-0.2, -0.15) is 0 Å². The third kappa shape index (κ3) is 9.28. The first-order valence-electron chi connectivity index (χ1n) is 14.1. The third-order valence-electron chi connectivity index (χ3n) is 7.68. The summed E-state index contributed by atoms with van der Waals surface area (Å²) in [6.45, 7) is 10.1. The first-order valence-corrected chi connectivity index (χ1v) is 14.1. The fraction of sp³-hybridized carbons (Fsp3) is 0.581. The Kier molecular flexibility index (Phi) is 11.5. The minimum Gasteiger partial charge on any atom is -0.457 e. The molecular formula is C31H45N3O6. The maximum atomic E-state index is 13.0. The van der Waals surface area contributed by atoms with Gasteiger partial charge in [0.05, 0.1) is 12.5 Å². The lowest BCUT2D eigenvalue weighted by Crippen LogP contribution is -2.50. The standard InChI is InChI=1S/C31H45N3O6/c1-22(26-11-6-7-16-32-26)9-8-10-23(2)29-24(3)12-13-27(39-30(37)34-19-17-33(5)18-20-34)31(4,38)15-14-25(35)21-28(36)40-29/h6-13,16,22,24-25,27,29,35,38H,14-15,17-21H2,1-5H3/b9-8+,13-12+,23-10+/t22?,24-,25-,27-,29+,31-/m0/s1. The summed E-state index contributed by atoms with van der Waals surface area (Å²) in [6, 6.07) is 5.80. The fourth-order valence-electron chi connectivity index (χ4n) is 4.84. The lowest BCUT2D eigenvalue weighted by Gasteiger charge is -2.36. The first-order chi connectivity index (χ1) is 19.0. The molecule has 0 saturated carbocycles. The van der Waals surface area contributed by atoms with E-state index >= 15 is 0 Å². The zero-order valence-electron chi connectivity index (χ0n) is 24.4. The van der Waals surface area contributed by atoms with E-state index in [1.807, 2.05) is 63.4 Å². The lowest BCUT2D eigenvalue weighted by molar-refractivity contribution is -0.151. The van der Waals surface area contributed by atoms with Gasteiger partial charge >= 0.3 is 12.1 Å². The molecule has 2 aliphatic heterocycles. The van der Waals surface area contributed by atoms with Crippen LogP contribution in [-0.4, -0.2) is 94.2 Å². The Balaban J connectivity index is 1.81. The first kappa shape index (κ1) is 31.5. The van der Waals surface area contributed by atoms with Crippen molar-refractivity contribution in [2.75, 3.05) is 33.2 Å². The molecule has 9 heteroatoms. The van der Waals surface area contributed by atoms with E-state index in [4.69, 9.17) is 9.47 Å². The molecule has 1 aromatic rings. The zero-order valence-corrected chi connectivity index (χ0v) is 24.4. The topological polar surface area (TPSA) is 112 Å². The van der Waals surface area contributed by atoms with Crippen LogP contribution in [0.4, 0.5) is 4.79 Å². The summed E-state index contributed by atoms with van der Waals surface area (Å²) in [4.78, 5) is 33.9. The van der Waals surface area contributed by atoms with E-state index in [1.165, 1.54) is 0 Å². The van der Waals surface area contributed by atoms with Crippen LogP contribution in [0.15, 0.2) is 60.3 Å². The molecule has 1 amide bonds. The summed E-state index contributed by atoms with van der Waals surface area (Å²) in [6.07, 6.45) is 8.23. The fourth-order valence-corrected chi connectivity index (χ4v) is 4.84. The molecule has 3 rings (SSSR count). The number of cyclic esters (lactones) is 1. The maximum absolute atomic E-state index is 13.0. The number of piperazine rings is 1. The minimum atomic E-state index is -1.44.